The number of sulfone groups is 1. The van der Waals surface area contributed by atoms with Gasteiger partial charge in [0.15, 0.2) is 15.9 Å². The molecule has 1 aromatic carbocycles. The van der Waals surface area contributed by atoms with Gasteiger partial charge in [-0.15, -0.1) is 0 Å². The highest BCUT2D eigenvalue weighted by Gasteiger charge is 2.27. The van der Waals surface area contributed by atoms with E-state index in [1.54, 1.807) is 13.0 Å². The number of hydrogen-bond acceptors (Lipinski definition) is 5. The van der Waals surface area contributed by atoms with Crippen LogP contribution in [0, 0.1) is 12.8 Å². The monoisotopic (exact) mass is 381 g/mol. The Hall–Kier alpha value is -1.89. The molecule has 6 nitrogen and oxygen atoms in total. The summed E-state index contributed by atoms with van der Waals surface area (Å²) < 4.78 is 28.6. The van der Waals surface area contributed by atoms with Gasteiger partial charge >= 0.3 is 5.97 Å². The molecule has 2 rings (SSSR count). The fourth-order valence-electron chi connectivity index (χ4n) is 3.16. The molecule has 1 fully saturated rings. The zero-order valence-electron chi connectivity index (χ0n) is 15.7. The van der Waals surface area contributed by atoms with Crippen molar-refractivity contribution < 1.29 is 22.7 Å². The Morgan fingerprint density at radius 2 is 1.88 bits per heavy atom. The lowest BCUT2D eigenvalue weighted by Gasteiger charge is -2.30. The third-order valence-electron chi connectivity index (χ3n) is 4.95. The van der Waals surface area contributed by atoms with Crippen LogP contribution in [-0.4, -0.2) is 38.7 Å². The maximum Gasteiger partial charge on any atom is 0.339 e. The number of rotatable bonds is 5. The van der Waals surface area contributed by atoms with E-state index in [0.29, 0.717) is 11.5 Å². The molecule has 0 unspecified atom stereocenters. The van der Waals surface area contributed by atoms with Gasteiger partial charge in [0.1, 0.15) is 0 Å². The van der Waals surface area contributed by atoms with E-state index in [0.717, 1.165) is 25.5 Å². The van der Waals surface area contributed by atoms with Gasteiger partial charge < -0.3 is 10.1 Å². The predicted octanol–water partition coefficient (Wildman–Crippen LogP) is 2.64. The SMILES string of the molecule is Cc1ccc(S(C)(=O)=O)cc1C(=O)O[C@H](C)C(=O)N[C@H]1CCCC[C@@H]1C. The second-order valence-corrected chi connectivity index (χ2v) is 9.19. The molecule has 0 spiro atoms. The number of carbonyl (C=O) groups is 2. The summed E-state index contributed by atoms with van der Waals surface area (Å²) in [5, 5.41) is 2.96. The summed E-state index contributed by atoms with van der Waals surface area (Å²) in [5.41, 5.74) is 0.745. The summed E-state index contributed by atoms with van der Waals surface area (Å²) in [6.45, 7) is 5.33. The van der Waals surface area contributed by atoms with Crippen LogP contribution in [0.15, 0.2) is 23.1 Å². The van der Waals surface area contributed by atoms with Gasteiger partial charge in [0, 0.05) is 12.3 Å². The van der Waals surface area contributed by atoms with Crippen LogP contribution in [-0.2, 0) is 19.4 Å². The second kappa shape index (κ2) is 8.20. The molecule has 1 aromatic rings. The van der Waals surface area contributed by atoms with Gasteiger partial charge in [-0.3, -0.25) is 4.79 Å². The minimum Gasteiger partial charge on any atom is -0.449 e. The van der Waals surface area contributed by atoms with Crippen LogP contribution in [0.2, 0.25) is 0 Å². The number of carbonyl (C=O) groups excluding carboxylic acids is 2. The topological polar surface area (TPSA) is 89.5 Å². The molecule has 1 aliphatic carbocycles. The van der Waals surface area contributed by atoms with Gasteiger partial charge in [0.25, 0.3) is 5.91 Å². The van der Waals surface area contributed by atoms with Crippen LogP contribution >= 0.6 is 0 Å². The van der Waals surface area contributed by atoms with E-state index >= 15 is 0 Å². The second-order valence-electron chi connectivity index (χ2n) is 7.17. The summed E-state index contributed by atoms with van der Waals surface area (Å²) in [7, 11) is -3.43. The quantitative estimate of drug-likeness (QED) is 0.792. The zero-order valence-corrected chi connectivity index (χ0v) is 16.6. The van der Waals surface area contributed by atoms with Crippen LogP contribution in [0.25, 0.3) is 0 Å². The number of aryl methyl sites for hydroxylation is 1. The molecule has 1 amide bonds. The van der Waals surface area contributed by atoms with E-state index in [-0.39, 0.29) is 22.4 Å². The molecular formula is C19H27NO5S. The maximum atomic E-state index is 12.4. The molecule has 0 heterocycles. The minimum atomic E-state index is -3.43. The molecule has 0 aliphatic heterocycles. The van der Waals surface area contributed by atoms with E-state index in [2.05, 4.69) is 12.2 Å². The molecule has 0 bridgehead atoms. The van der Waals surface area contributed by atoms with Crippen molar-refractivity contribution in [3.63, 3.8) is 0 Å². The average Bonchev–Trinajstić information content (AvgIpc) is 2.56. The highest BCUT2D eigenvalue weighted by Crippen LogP contribution is 2.24. The van der Waals surface area contributed by atoms with Crippen LogP contribution in [0.4, 0.5) is 0 Å². The number of amides is 1. The Morgan fingerprint density at radius 1 is 1.23 bits per heavy atom. The van der Waals surface area contributed by atoms with Crippen molar-refractivity contribution in [2.24, 2.45) is 5.92 Å². The third kappa shape index (κ3) is 5.06. The third-order valence-corrected chi connectivity index (χ3v) is 6.06. The Balaban J connectivity index is 2.05. The van der Waals surface area contributed by atoms with Crippen LogP contribution in [0.1, 0.15) is 55.5 Å². The smallest absolute Gasteiger partial charge is 0.339 e. The van der Waals surface area contributed by atoms with Gasteiger partial charge in [-0.05, 0) is 50.3 Å². The Morgan fingerprint density at radius 3 is 2.50 bits per heavy atom. The van der Waals surface area contributed by atoms with E-state index in [4.69, 9.17) is 4.74 Å². The highest BCUT2D eigenvalue weighted by atomic mass is 32.2. The van der Waals surface area contributed by atoms with Crippen LogP contribution < -0.4 is 5.32 Å². The lowest BCUT2D eigenvalue weighted by molar-refractivity contribution is -0.130. The molecule has 144 valence electrons. The van der Waals surface area contributed by atoms with Crippen molar-refractivity contribution in [2.45, 2.75) is 63.5 Å². The van der Waals surface area contributed by atoms with Crippen molar-refractivity contribution in [3.05, 3.63) is 29.3 Å². The van der Waals surface area contributed by atoms with Crippen molar-refractivity contribution in [3.8, 4) is 0 Å². The number of esters is 1. The molecule has 1 N–H and O–H groups in total. The number of ether oxygens (including phenoxy) is 1. The van der Waals surface area contributed by atoms with Gasteiger partial charge in [-0.25, -0.2) is 13.2 Å². The minimum absolute atomic E-state index is 0.0446. The normalized spacial score (nSPS) is 21.7. The van der Waals surface area contributed by atoms with Gasteiger partial charge in [-0.2, -0.15) is 0 Å². The summed E-state index contributed by atoms with van der Waals surface area (Å²) >= 11 is 0. The van der Waals surface area contributed by atoms with Crippen molar-refractivity contribution >= 4 is 21.7 Å². The number of benzene rings is 1. The number of hydrogen-bond donors (Lipinski definition) is 1. The van der Waals surface area contributed by atoms with Gasteiger partial charge in [0.2, 0.25) is 0 Å². The molecule has 0 saturated heterocycles. The van der Waals surface area contributed by atoms with Crippen molar-refractivity contribution in [1.29, 1.82) is 0 Å². The Bertz CT molecular complexity index is 787. The van der Waals surface area contributed by atoms with E-state index in [1.165, 1.54) is 25.5 Å². The van der Waals surface area contributed by atoms with E-state index in [9.17, 15) is 18.0 Å². The molecule has 1 saturated carbocycles. The molecular weight excluding hydrogens is 354 g/mol. The first-order valence-electron chi connectivity index (χ1n) is 8.91. The first-order chi connectivity index (χ1) is 12.1. The summed E-state index contributed by atoms with van der Waals surface area (Å²) in [6, 6.07) is 4.40. The zero-order chi connectivity index (χ0) is 19.5. The number of nitrogens with one attached hydrogen (secondary N) is 1. The molecule has 1 aliphatic rings. The summed E-state index contributed by atoms with van der Waals surface area (Å²) in [6.07, 6.45) is 4.40. The van der Waals surface area contributed by atoms with Crippen LogP contribution in [0.5, 0.6) is 0 Å². The van der Waals surface area contributed by atoms with Crippen molar-refractivity contribution in [1.82, 2.24) is 5.32 Å². The fourth-order valence-corrected chi connectivity index (χ4v) is 3.81. The Labute approximate surface area is 155 Å². The van der Waals surface area contributed by atoms with E-state index < -0.39 is 21.9 Å². The predicted molar refractivity (Wildman–Crippen MR) is 98.7 cm³/mol. The van der Waals surface area contributed by atoms with E-state index in [1.807, 2.05) is 0 Å². The average molecular weight is 381 g/mol. The summed E-state index contributed by atoms with van der Waals surface area (Å²) in [5.74, 6) is -0.620. The molecule has 0 radical (unpaired) electrons. The summed E-state index contributed by atoms with van der Waals surface area (Å²) in [4.78, 5) is 24.8. The molecule has 7 heteroatoms. The van der Waals surface area contributed by atoms with Crippen molar-refractivity contribution in [2.75, 3.05) is 6.26 Å². The standard InChI is InChI=1S/C19H27NO5S/c1-12-9-10-15(26(4,23)24)11-16(12)19(22)25-14(3)18(21)20-17-8-6-5-7-13(17)2/h9-11,13-14,17H,5-8H2,1-4H3,(H,20,21)/t13-,14+,17-/m0/s1. The molecule has 26 heavy (non-hydrogen) atoms. The van der Waals surface area contributed by atoms with Gasteiger partial charge in [0.05, 0.1) is 10.5 Å². The first kappa shape index (κ1) is 20.4. The highest BCUT2D eigenvalue weighted by molar-refractivity contribution is 7.90. The lowest BCUT2D eigenvalue weighted by atomic mass is 9.86. The lowest BCUT2D eigenvalue weighted by Crippen LogP contribution is -2.46. The molecule has 3 atom stereocenters. The Kier molecular flexibility index (Phi) is 6.44. The first-order valence-corrected chi connectivity index (χ1v) is 10.8. The maximum absolute atomic E-state index is 12.4. The largest absolute Gasteiger partial charge is 0.449 e. The molecule has 0 aromatic heterocycles. The van der Waals surface area contributed by atoms with Crippen LogP contribution in [0.3, 0.4) is 0 Å². The van der Waals surface area contributed by atoms with Gasteiger partial charge in [-0.1, -0.05) is 25.8 Å². The fraction of sp³-hybridized carbons (Fsp3) is 0.579.